The molecule has 2 unspecified atom stereocenters. The molecule has 2 rings (SSSR count). The molecule has 0 saturated carbocycles. The van der Waals surface area contributed by atoms with Gasteiger partial charge in [-0.2, -0.15) is 0 Å². The molecule has 1 heterocycles. The Hall–Kier alpha value is -0.760. The van der Waals surface area contributed by atoms with E-state index in [1.54, 1.807) is 11.8 Å². The largest absolute Gasteiger partial charge is 0.293 e. The first-order chi connectivity index (χ1) is 6.20. The maximum Gasteiger partial charge on any atom is 0.175 e. The summed E-state index contributed by atoms with van der Waals surface area (Å²) in [4.78, 5) is 11.7. The van der Waals surface area contributed by atoms with Crippen molar-refractivity contribution in [1.82, 2.24) is 0 Å². The Kier molecular flexibility index (Phi) is 2.16. The molecule has 0 fully saturated rings. The highest BCUT2D eigenvalue weighted by molar-refractivity contribution is 8.00. The van der Waals surface area contributed by atoms with E-state index in [9.17, 15) is 4.79 Å². The molecule has 2 heteroatoms. The Morgan fingerprint density at radius 3 is 2.62 bits per heavy atom. The molecule has 13 heavy (non-hydrogen) atoms. The van der Waals surface area contributed by atoms with Gasteiger partial charge in [0.1, 0.15) is 0 Å². The maximum atomic E-state index is 11.7. The molecule has 68 valence electrons. The summed E-state index contributed by atoms with van der Waals surface area (Å²) in [5, 5.41) is 0.564. The highest BCUT2D eigenvalue weighted by atomic mass is 32.2. The minimum absolute atomic E-state index is 0.116. The molecule has 0 bridgehead atoms. The van der Waals surface area contributed by atoms with Gasteiger partial charge in [-0.15, -0.1) is 11.8 Å². The highest BCUT2D eigenvalue weighted by Gasteiger charge is 2.28. The minimum Gasteiger partial charge on any atom is -0.293 e. The van der Waals surface area contributed by atoms with Crippen LogP contribution in [-0.4, -0.2) is 11.0 Å². The quantitative estimate of drug-likeness (QED) is 0.628. The standard InChI is InChI=1S/C11H12OS/c1-7-9-5-3-4-6-10(9)11(12)8(2)13-7/h3-8H,1-2H3. The lowest BCUT2D eigenvalue weighted by Gasteiger charge is -2.25. The molecule has 1 aliphatic heterocycles. The van der Waals surface area contributed by atoms with Crippen molar-refractivity contribution < 1.29 is 4.79 Å². The van der Waals surface area contributed by atoms with Crippen LogP contribution in [-0.2, 0) is 0 Å². The Balaban J connectivity index is 2.54. The monoisotopic (exact) mass is 192 g/mol. The zero-order valence-corrected chi connectivity index (χ0v) is 8.60. The van der Waals surface area contributed by atoms with Gasteiger partial charge in [-0.1, -0.05) is 24.3 Å². The summed E-state index contributed by atoms with van der Waals surface area (Å²) in [5.74, 6) is 0.277. The third-order valence-electron chi connectivity index (χ3n) is 2.44. The number of Topliss-reactive ketones (excluding diaryl/α,β-unsaturated/α-hetero) is 1. The lowest BCUT2D eigenvalue weighted by molar-refractivity contribution is 0.0991. The number of ketones is 1. The third kappa shape index (κ3) is 1.39. The van der Waals surface area contributed by atoms with Gasteiger partial charge in [-0.3, -0.25) is 4.79 Å². The van der Waals surface area contributed by atoms with Crippen molar-refractivity contribution >= 4 is 17.5 Å². The molecular weight excluding hydrogens is 180 g/mol. The van der Waals surface area contributed by atoms with Crippen LogP contribution in [0.4, 0.5) is 0 Å². The molecule has 1 aromatic carbocycles. The van der Waals surface area contributed by atoms with E-state index in [0.717, 1.165) is 5.56 Å². The number of carbonyl (C=O) groups is 1. The Morgan fingerprint density at radius 1 is 1.15 bits per heavy atom. The van der Waals surface area contributed by atoms with Crippen molar-refractivity contribution in [2.24, 2.45) is 0 Å². The van der Waals surface area contributed by atoms with Gasteiger partial charge in [-0.25, -0.2) is 0 Å². The molecule has 0 radical (unpaired) electrons. The van der Waals surface area contributed by atoms with E-state index >= 15 is 0 Å². The molecule has 0 spiro atoms. The number of benzene rings is 1. The van der Waals surface area contributed by atoms with Crippen LogP contribution >= 0.6 is 11.8 Å². The minimum atomic E-state index is 0.116. The smallest absolute Gasteiger partial charge is 0.175 e. The summed E-state index contributed by atoms with van der Waals surface area (Å²) in [6.07, 6.45) is 0. The highest BCUT2D eigenvalue weighted by Crippen LogP contribution is 2.39. The summed E-state index contributed by atoms with van der Waals surface area (Å²) in [6.45, 7) is 4.14. The first-order valence-corrected chi connectivity index (χ1v) is 5.43. The van der Waals surface area contributed by atoms with Gasteiger partial charge in [0.15, 0.2) is 5.78 Å². The van der Waals surface area contributed by atoms with Crippen LogP contribution < -0.4 is 0 Å². The lowest BCUT2D eigenvalue weighted by atomic mass is 9.99. The fourth-order valence-corrected chi connectivity index (χ4v) is 2.95. The zero-order valence-electron chi connectivity index (χ0n) is 7.78. The van der Waals surface area contributed by atoms with Gasteiger partial charge in [0.2, 0.25) is 0 Å². The third-order valence-corrected chi connectivity index (χ3v) is 3.73. The van der Waals surface area contributed by atoms with E-state index < -0.39 is 0 Å². The Morgan fingerprint density at radius 2 is 1.85 bits per heavy atom. The molecule has 2 atom stereocenters. The molecule has 0 aliphatic carbocycles. The van der Waals surface area contributed by atoms with Gasteiger partial charge >= 0.3 is 0 Å². The topological polar surface area (TPSA) is 17.1 Å². The van der Waals surface area contributed by atoms with Crippen molar-refractivity contribution in [2.75, 3.05) is 0 Å². The van der Waals surface area contributed by atoms with Gasteiger partial charge in [-0.05, 0) is 19.4 Å². The Labute approximate surface area is 82.5 Å². The number of hydrogen-bond acceptors (Lipinski definition) is 2. The van der Waals surface area contributed by atoms with Gasteiger partial charge < -0.3 is 0 Å². The SMILES string of the molecule is CC1SC(C)c2ccccc2C1=O. The fraction of sp³-hybridized carbons (Fsp3) is 0.364. The first kappa shape index (κ1) is 8.82. The van der Waals surface area contributed by atoms with Gasteiger partial charge in [0.05, 0.1) is 5.25 Å². The van der Waals surface area contributed by atoms with Crippen LogP contribution in [0.1, 0.15) is 35.0 Å². The van der Waals surface area contributed by atoms with Crippen molar-refractivity contribution in [3.8, 4) is 0 Å². The second-order valence-corrected chi connectivity index (χ2v) is 5.06. The van der Waals surface area contributed by atoms with E-state index in [4.69, 9.17) is 0 Å². The average Bonchev–Trinajstić information content (AvgIpc) is 2.15. The van der Waals surface area contributed by atoms with Crippen LogP contribution in [0.5, 0.6) is 0 Å². The molecule has 0 N–H and O–H groups in total. The number of rotatable bonds is 0. The molecule has 0 amide bonds. The molecule has 0 saturated heterocycles. The van der Waals surface area contributed by atoms with E-state index in [-0.39, 0.29) is 11.0 Å². The second-order valence-electron chi connectivity index (χ2n) is 3.37. The van der Waals surface area contributed by atoms with Crippen molar-refractivity contribution in [1.29, 1.82) is 0 Å². The summed E-state index contributed by atoms with van der Waals surface area (Å²) >= 11 is 1.74. The van der Waals surface area contributed by atoms with Crippen LogP contribution in [0, 0.1) is 0 Å². The molecule has 1 aromatic rings. The number of fused-ring (bicyclic) bond motifs is 1. The first-order valence-electron chi connectivity index (χ1n) is 4.48. The van der Waals surface area contributed by atoms with E-state index in [1.165, 1.54) is 5.56 Å². The summed E-state index contributed by atoms with van der Waals surface area (Å²) in [7, 11) is 0. The van der Waals surface area contributed by atoms with Gasteiger partial charge in [0.25, 0.3) is 0 Å². The van der Waals surface area contributed by atoms with Crippen LogP contribution in [0.25, 0.3) is 0 Å². The van der Waals surface area contributed by atoms with Crippen LogP contribution in [0.2, 0.25) is 0 Å². The van der Waals surface area contributed by atoms with Crippen molar-refractivity contribution in [3.05, 3.63) is 35.4 Å². The maximum absolute atomic E-state index is 11.7. The van der Waals surface area contributed by atoms with E-state index in [1.807, 2.05) is 25.1 Å². The van der Waals surface area contributed by atoms with Crippen molar-refractivity contribution in [2.45, 2.75) is 24.3 Å². The number of thioether (sulfide) groups is 1. The summed E-state index contributed by atoms with van der Waals surface area (Å²) < 4.78 is 0. The summed E-state index contributed by atoms with van der Waals surface area (Å²) in [5.41, 5.74) is 2.11. The molecule has 1 nitrogen and oxygen atoms in total. The normalized spacial score (nSPS) is 27.1. The van der Waals surface area contributed by atoms with Gasteiger partial charge in [0, 0.05) is 10.8 Å². The Bertz CT molecular complexity index is 346. The number of hydrogen-bond donors (Lipinski definition) is 0. The molecule has 1 aliphatic rings. The lowest BCUT2D eigenvalue weighted by Crippen LogP contribution is -2.21. The molecular formula is C11H12OS. The van der Waals surface area contributed by atoms with E-state index in [0.29, 0.717) is 5.25 Å². The second kappa shape index (κ2) is 3.18. The van der Waals surface area contributed by atoms with Crippen molar-refractivity contribution in [3.63, 3.8) is 0 Å². The van der Waals surface area contributed by atoms with Crippen LogP contribution in [0.3, 0.4) is 0 Å². The van der Waals surface area contributed by atoms with E-state index in [2.05, 4.69) is 13.0 Å². The zero-order chi connectivity index (χ0) is 9.42. The van der Waals surface area contributed by atoms with Crippen LogP contribution in [0.15, 0.2) is 24.3 Å². The predicted molar refractivity (Wildman–Crippen MR) is 56.2 cm³/mol. The number of carbonyl (C=O) groups excluding carboxylic acids is 1. The predicted octanol–water partition coefficient (Wildman–Crippen LogP) is 3.07. The fourth-order valence-electron chi connectivity index (χ4n) is 1.74. The summed E-state index contributed by atoms with van der Waals surface area (Å²) in [6, 6.07) is 7.92. The molecule has 0 aromatic heterocycles. The average molecular weight is 192 g/mol.